The summed E-state index contributed by atoms with van der Waals surface area (Å²) in [5.41, 5.74) is 0. The smallest absolute Gasteiger partial charge is 0.150 e. The van der Waals surface area contributed by atoms with Gasteiger partial charge in [0.1, 0.15) is 4.34 Å². The van der Waals surface area contributed by atoms with Gasteiger partial charge in [0.05, 0.1) is 18.1 Å². The number of aromatic nitrogens is 1. The molecule has 0 saturated carbocycles. The molecule has 5 heteroatoms. The molecule has 0 amide bonds. The maximum absolute atomic E-state index is 8.69. The molecule has 0 aliphatic carbocycles. The minimum Gasteiger partial charge on any atom is -0.396 e. The van der Waals surface area contributed by atoms with Gasteiger partial charge in [-0.1, -0.05) is 11.8 Å². The number of aliphatic hydroxyl groups excluding tert-OH is 2. The van der Waals surface area contributed by atoms with E-state index < -0.39 is 0 Å². The van der Waals surface area contributed by atoms with E-state index in [0.717, 1.165) is 9.22 Å². The van der Waals surface area contributed by atoms with Crippen LogP contribution in [0.15, 0.2) is 10.5 Å². The van der Waals surface area contributed by atoms with Crippen molar-refractivity contribution in [3.8, 4) is 0 Å². The van der Waals surface area contributed by atoms with Crippen molar-refractivity contribution in [1.29, 1.82) is 0 Å². The molecule has 0 aliphatic heterocycles. The van der Waals surface area contributed by atoms with Gasteiger partial charge in [0.15, 0.2) is 0 Å². The van der Waals surface area contributed by atoms with Crippen LogP contribution in [-0.2, 0) is 6.61 Å². The Balaban J connectivity index is 2.44. The van der Waals surface area contributed by atoms with Gasteiger partial charge in [-0.15, -0.1) is 11.3 Å². The van der Waals surface area contributed by atoms with E-state index in [-0.39, 0.29) is 13.2 Å². The Morgan fingerprint density at radius 3 is 2.91 bits per heavy atom. The Kier molecular flexibility index (Phi) is 3.85. The number of hydrogen-bond acceptors (Lipinski definition) is 5. The third-order valence-corrected chi connectivity index (χ3v) is 3.12. The fourth-order valence-corrected chi connectivity index (χ4v) is 2.26. The lowest BCUT2D eigenvalue weighted by atomic mass is 10.6. The fraction of sp³-hybridized carbons (Fsp3) is 0.500. The molecule has 0 unspecified atom stereocenters. The molecule has 1 aromatic rings. The lowest BCUT2D eigenvalue weighted by molar-refractivity contribution is 0.285. The van der Waals surface area contributed by atoms with Gasteiger partial charge in [-0.2, -0.15) is 0 Å². The number of hydrogen-bond donors (Lipinski definition) is 2. The Morgan fingerprint density at radius 2 is 2.36 bits per heavy atom. The van der Waals surface area contributed by atoms with E-state index in [0.29, 0.717) is 5.75 Å². The topological polar surface area (TPSA) is 53.4 Å². The zero-order valence-electron chi connectivity index (χ0n) is 5.86. The lowest BCUT2D eigenvalue weighted by Gasteiger charge is -1.89. The maximum Gasteiger partial charge on any atom is 0.150 e. The summed E-state index contributed by atoms with van der Waals surface area (Å²) in [5.74, 6) is 0.665. The normalized spacial score (nSPS) is 10.4. The van der Waals surface area contributed by atoms with E-state index >= 15 is 0 Å². The average molecular weight is 191 g/mol. The summed E-state index contributed by atoms with van der Waals surface area (Å²) in [4.78, 5) is 4.90. The predicted molar refractivity (Wildman–Crippen MR) is 45.8 cm³/mol. The molecular formula is C6H9NO2S2. The molecule has 0 radical (unpaired) electrons. The van der Waals surface area contributed by atoms with Crippen LogP contribution in [0.1, 0.15) is 4.88 Å². The molecule has 1 aromatic heterocycles. The van der Waals surface area contributed by atoms with Gasteiger partial charge >= 0.3 is 0 Å². The quantitative estimate of drug-likeness (QED) is 0.689. The van der Waals surface area contributed by atoms with Crippen molar-refractivity contribution < 1.29 is 10.2 Å². The average Bonchev–Trinajstić information content (AvgIpc) is 2.48. The van der Waals surface area contributed by atoms with Gasteiger partial charge in [0.25, 0.3) is 0 Å². The van der Waals surface area contributed by atoms with Crippen molar-refractivity contribution >= 4 is 23.1 Å². The maximum atomic E-state index is 8.69. The molecular weight excluding hydrogens is 182 g/mol. The second-order valence-corrected chi connectivity index (χ2v) is 4.28. The summed E-state index contributed by atoms with van der Waals surface area (Å²) in [6.07, 6.45) is 1.66. The SMILES string of the molecule is OCCSc1ncc(CO)s1. The lowest BCUT2D eigenvalue weighted by Crippen LogP contribution is -1.83. The molecule has 11 heavy (non-hydrogen) atoms. The summed E-state index contributed by atoms with van der Waals surface area (Å²) < 4.78 is 0.906. The highest BCUT2D eigenvalue weighted by Crippen LogP contribution is 2.23. The minimum absolute atomic E-state index is 0.0529. The van der Waals surface area contributed by atoms with Crippen molar-refractivity contribution in [2.24, 2.45) is 0 Å². The van der Waals surface area contributed by atoms with Gasteiger partial charge in [-0.05, 0) is 0 Å². The Morgan fingerprint density at radius 1 is 1.55 bits per heavy atom. The van der Waals surface area contributed by atoms with Crippen LogP contribution in [0.4, 0.5) is 0 Å². The summed E-state index contributed by atoms with van der Waals surface area (Å²) in [5, 5.41) is 17.2. The van der Waals surface area contributed by atoms with E-state index in [1.54, 1.807) is 6.20 Å². The van der Waals surface area contributed by atoms with Crippen LogP contribution in [0.2, 0.25) is 0 Å². The zero-order chi connectivity index (χ0) is 8.10. The number of thioether (sulfide) groups is 1. The van der Waals surface area contributed by atoms with E-state index in [1.807, 2.05) is 0 Å². The molecule has 0 aliphatic rings. The highest BCUT2D eigenvalue weighted by atomic mass is 32.2. The molecule has 3 nitrogen and oxygen atoms in total. The first-order valence-electron chi connectivity index (χ1n) is 3.16. The van der Waals surface area contributed by atoms with Crippen molar-refractivity contribution in [3.05, 3.63) is 11.1 Å². The first kappa shape index (κ1) is 8.99. The van der Waals surface area contributed by atoms with Gasteiger partial charge in [0.2, 0.25) is 0 Å². The second-order valence-electron chi connectivity index (χ2n) is 1.82. The van der Waals surface area contributed by atoms with Gasteiger partial charge in [-0.25, -0.2) is 4.98 Å². The predicted octanol–water partition coefficient (Wildman–Crippen LogP) is 0.720. The largest absolute Gasteiger partial charge is 0.396 e. The van der Waals surface area contributed by atoms with Gasteiger partial charge < -0.3 is 10.2 Å². The monoisotopic (exact) mass is 191 g/mol. The van der Waals surface area contributed by atoms with E-state index in [4.69, 9.17) is 10.2 Å². The highest BCUT2D eigenvalue weighted by molar-refractivity contribution is 8.01. The number of thiazole rings is 1. The molecule has 0 atom stereocenters. The van der Waals surface area contributed by atoms with Crippen LogP contribution >= 0.6 is 23.1 Å². The van der Waals surface area contributed by atoms with Crippen LogP contribution in [0.5, 0.6) is 0 Å². The Labute approximate surface area is 73.1 Å². The van der Waals surface area contributed by atoms with Crippen LogP contribution in [0.3, 0.4) is 0 Å². The Hall–Kier alpha value is -0.100. The van der Waals surface area contributed by atoms with Crippen LogP contribution in [-0.4, -0.2) is 27.6 Å². The van der Waals surface area contributed by atoms with Gasteiger partial charge in [0, 0.05) is 11.9 Å². The summed E-state index contributed by atoms with van der Waals surface area (Å²) in [6, 6.07) is 0. The van der Waals surface area contributed by atoms with Gasteiger partial charge in [-0.3, -0.25) is 0 Å². The van der Waals surface area contributed by atoms with Crippen LogP contribution in [0.25, 0.3) is 0 Å². The summed E-state index contributed by atoms with van der Waals surface area (Å²) in [7, 11) is 0. The molecule has 0 aromatic carbocycles. The molecule has 0 fully saturated rings. The number of aliphatic hydroxyl groups is 2. The third kappa shape index (κ3) is 2.78. The molecule has 0 spiro atoms. The number of nitrogens with zero attached hydrogens (tertiary/aromatic N) is 1. The molecule has 2 N–H and O–H groups in total. The molecule has 0 saturated heterocycles. The molecule has 1 rings (SSSR count). The molecule has 0 bridgehead atoms. The van der Waals surface area contributed by atoms with Crippen molar-refractivity contribution in [2.75, 3.05) is 12.4 Å². The first-order valence-corrected chi connectivity index (χ1v) is 4.96. The standard InChI is InChI=1S/C6H9NO2S2/c8-1-2-10-6-7-3-5(4-9)11-6/h3,8-9H,1-2,4H2. The van der Waals surface area contributed by atoms with E-state index in [1.165, 1.54) is 23.1 Å². The number of rotatable bonds is 4. The first-order chi connectivity index (χ1) is 5.36. The summed E-state index contributed by atoms with van der Waals surface area (Å²) in [6.45, 7) is 0.218. The summed E-state index contributed by atoms with van der Waals surface area (Å²) >= 11 is 2.97. The second kappa shape index (κ2) is 4.71. The van der Waals surface area contributed by atoms with Crippen LogP contribution < -0.4 is 0 Å². The fourth-order valence-electron chi connectivity index (χ4n) is 0.562. The van der Waals surface area contributed by atoms with E-state index in [9.17, 15) is 0 Å². The zero-order valence-corrected chi connectivity index (χ0v) is 7.49. The molecule has 62 valence electrons. The van der Waals surface area contributed by atoms with Crippen molar-refractivity contribution in [1.82, 2.24) is 4.98 Å². The molecule has 1 heterocycles. The van der Waals surface area contributed by atoms with E-state index in [2.05, 4.69) is 4.98 Å². The third-order valence-electron chi connectivity index (χ3n) is 1.01. The highest BCUT2D eigenvalue weighted by Gasteiger charge is 1.99. The minimum atomic E-state index is 0.0529. The van der Waals surface area contributed by atoms with Crippen molar-refractivity contribution in [2.45, 2.75) is 10.9 Å². The van der Waals surface area contributed by atoms with Crippen molar-refractivity contribution in [3.63, 3.8) is 0 Å². The Bertz CT molecular complexity index is 214. The van der Waals surface area contributed by atoms with Crippen LogP contribution in [0, 0.1) is 0 Å².